The molecule has 1 aliphatic carbocycles. The summed E-state index contributed by atoms with van der Waals surface area (Å²) in [7, 11) is -2.29. The number of fused-ring (bicyclic) bond motifs is 3. The Kier molecular flexibility index (Phi) is 7.05. The van der Waals surface area contributed by atoms with Gasteiger partial charge in [-0.15, -0.1) is 10.2 Å². The maximum atomic E-state index is 13.5. The lowest BCUT2D eigenvalue weighted by molar-refractivity contribution is -0.219. The van der Waals surface area contributed by atoms with Gasteiger partial charge in [0, 0.05) is 42.2 Å². The van der Waals surface area contributed by atoms with Gasteiger partial charge in [-0.2, -0.15) is 12.8 Å². The summed E-state index contributed by atoms with van der Waals surface area (Å²) in [6.07, 6.45) is 3.03. The standard InChI is InChI=1S/C33H30ClN5O5S/c1-20-35-36-31(44-20)22-5-12-28-27(17-22)26-13-16-38(2)32(41)30(26)39(28)24-8-3-21(4-9-24)18-33(14-15-33)19-29(40)37-45(42,43)25-10-6-23(34)7-11-25/h3-12,17H,13-16,18-19H2,1-2H3,(H,37,40)/p-1. The van der Waals surface area contributed by atoms with Crippen molar-refractivity contribution >= 4 is 44.3 Å². The number of sulfonamides is 1. The number of carbonyl (C=O) groups excluding carboxylic acids is 1. The second-order valence-electron chi connectivity index (χ2n) is 11.9. The lowest BCUT2D eigenvalue weighted by atomic mass is 9.93. The molecule has 3 heterocycles. The van der Waals surface area contributed by atoms with Gasteiger partial charge < -0.3 is 19.0 Å². The van der Waals surface area contributed by atoms with Crippen molar-refractivity contribution in [3.8, 4) is 17.1 Å². The van der Waals surface area contributed by atoms with Gasteiger partial charge in [-0.05, 0) is 109 Å². The van der Waals surface area contributed by atoms with Gasteiger partial charge in [0.15, 0.2) is 0 Å². The zero-order valence-corrected chi connectivity index (χ0v) is 26.2. The lowest BCUT2D eigenvalue weighted by Crippen LogP contribution is -2.35. The van der Waals surface area contributed by atoms with Crippen LogP contribution in [0.4, 0.5) is 0 Å². The Morgan fingerprint density at radius 1 is 1.07 bits per heavy atom. The van der Waals surface area contributed by atoms with Crippen LogP contribution in [0.15, 0.2) is 80.4 Å². The summed E-state index contributed by atoms with van der Waals surface area (Å²) in [6, 6.07) is 19.5. The normalized spacial score (nSPS) is 16.3. The molecule has 10 nitrogen and oxygen atoms in total. The highest BCUT2D eigenvalue weighted by atomic mass is 35.5. The van der Waals surface area contributed by atoms with Crippen molar-refractivity contribution in [3.63, 3.8) is 0 Å². The molecule has 45 heavy (non-hydrogen) atoms. The van der Waals surface area contributed by atoms with E-state index in [1.165, 1.54) is 24.3 Å². The van der Waals surface area contributed by atoms with Crippen LogP contribution in [0, 0.1) is 12.3 Å². The number of halogens is 1. The number of hydrogen-bond donors (Lipinski definition) is 0. The van der Waals surface area contributed by atoms with Gasteiger partial charge in [-0.25, -0.2) is 0 Å². The number of aryl methyl sites for hydroxylation is 1. The molecule has 0 spiro atoms. The number of likely N-dealkylation sites (N-methyl/N-ethyl adjacent to an activating group) is 1. The molecule has 0 bridgehead atoms. The maximum absolute atomic E-state index is 13.5. The summed E-state index contributed by atoms with van der Waals surface area (Å²) in [6.45, 7) is 2.37. The van der Waals surface area contributed by atoms with Gasteiger partial charge in [0.25, 0.3) is 15.9 Å². The molecule has 1 amide bonds. The van der Waals surface area contributed by atoms with E-state index >= 15 is 0 Å². The first kappa shape index (κ1) is 29.2. The molecule has 3 aromatic carbocycles. The van der Waals surface area contributed by atoms with E-state index in [0.717, 1.165) is 52.5 Å². The van der Waals surface area contributed by atoms with Gasteiger partial charge in [-0.3, -0.25) is 4.79 Å². The van der Waals surface area contributed by atoms with E-state index in [-0.39, 0.29) is 22.6 Å². The van der Waals surface area contributed by atoms with E-state index in [1.807, 2.05) is 54.1 Å². The number of nitrogens with zero attached hydrogens (tertiary/aromatic N) is 5. The van der Waals surface area contributed by atoms with Crippen molar-refractivity contribution in [2.75, 3.05) is 13.6 Å². The number of hydrogen-bond acceptors (Lipinski definition) is 7. The second-order valence-corrected chi connectivity index (χ2v) is 14.0. The predicted molar refractivity (Wildman–Crippen MR) is 168 cm³/mol. The van der Waals surface area contributed by atoms with Crippen LogP contribution in [0.3, 0.4) is 0 Å². The number of carbonyl (C=O) groups is 1. The molecule has 7 rings (SSSR count). The molecule has 0 N–H and O–H groups in total. The highest BCUT2D eigenvalue weighted by Crippen LogP contribution is 2.51. The fourth-order valence-electron chi connectivity index (χ4n) is 6.14. The minimum atomic E-state index is -4.10. The molecule has 5 aromatic rings. The molecule has 2 aliphatic rings. The largest absolute Gasteiger partial charge is 0.861 e. The monoisotopic (exact) mass is 642 g/mol. The van der Waals surface area contributed by atoms with E-state index in [9.17, 15) is 18.3 Å². The predicted octanol–water partition coefficient (Wildman–Crippen LogP) is 5.13. The number of benzene rings is 3. The molecule has 230 valence electrons. The van der Waals surface area contributed by atoms with Crippen LogP contribution in [0.1, 0.15) is 46.8 Å². The van der Waals surface area contributed by atoms with Gasteiger partial charge in [-0.1, -0.05) is 23.7 Å². The van der Waals surface area contributed by atoms with Crippen molar-refractivity contribution in [1.29, 1.82) is 0 Å². The van der Waals surface area contributed by atoms with Crippen LogP contribution in [0.5, 0.6) is 0 Å². The molecule has 2 aromatic heterocycles. The minimum absolute atomic E-state index is 0.0422. The molecule has 1 fully saturated rings. The average molecular weight is 643 g/mol. The van der Waals surface area contributed by atoms with Crippen molar-refractivity contribution < 1.29 is 22.7 Å². The Labute approximate surface area is 265 Å². The van der Waals surface area contributed by atoms with E-state index < -0.39 is 15.9 Å². The minimum Gasteiger partial charge on any atom is -0.861 e. The van der Waals surface area contributed by atoms with E-state index in [1.54, 1.807) is 11.8 Å². The molecule has 0 saturated heterocycles. The smallest absolute Gasteiger partial charge is 0.281 e. The van der Waals surface area contributed by atoms with Gasteiger partial charge in [0.1, 0.15) is 5.69 Å². The van der Waals surface area contributed by atoms with Crippen molar-refractivity contribution in [3.05, 3.63) is 94.5 Å². The van der Waals surface area contributed by atoms with E-state index in [2.05, 4.69) is 14.6 Å². The molecule has 0 atom stereocenters. The fourth-order valence-corrected chi connectivity index (χ4v) is 7.19. The van der Waals surface area contributed by atoms with Crippen LogP contribution in [-0.4, -0.2) is 53.5 Å². The van der Waals surface area contributed by atoms with Crippen LogP contribution in [0.2, 0.25) is 5.02 Å². The first-order chi connectivity index (χ1) is 21.5. The lowest BCUT2D eigenvalue weighted by Gasteiger charge is -2.24. The van der Waals surface area contributed by atoms with Gasteiger partial charge in [0.05, 0.1) is 10.4 Å². The Balaban J connectivity index is 1.16. The van der Waals surface area contributed by atoms with E-state index in [0.29, 0.717) is 35.5 Å². The summed E-state index contributed by atoms with van der Waals surface area (Å²) in [5.41, 5.74) is 4.87. The number of rotatable bonds is 8. The van der Waals surface area contributed by atoms with Crippen LogP contribution < -0.4 is 5.11 Å². The topological polar surface area (TPSA) is 134 Å². The third kappa shape index (κ3) is 5.51. The first-order valence-corrected chi connectivity index (χ1v) is 16.4. The average Bonchev–Trinajstić information content (AvgIpc) is 3.46. The van der Waals surface area contributed by atoms with Crippen LogP contribution in [-0.2, 0) is 22.9 Å². The summed E-state index contributed by atoms with van der Waals surface area (Å²) < 4.78 is 36.5. The molecule has 1 aliphatic heterocycles. The van der Waals surface area contributed by atoms with E-state index in [4.69, 9.17) is 16.0 Å². The van der Waals surface area contributed by atoms with Crippen LogP contribution in [0.25, 0.3) is 28.0 Å². The third-order valence-corrected chi connectivity index (χ3v) is 10.2. The first-order valence-electron chi connectivity index (χ1n) is 14.6. The molecular weight excluding hydrogens is 614 g/mol. The zero-order chi connectivity index (χ0) is 31.5. The Bertz CT molecular complexity index is 2100. The summed E-state index contributed by atoms with van der Waals surface area (Å²) in [4.78, 5) is 15.2. The molecule has 1 saturated carbocycles. The van der Waals surface area contributed by atoms with Crippen molar-refractivity contribution in [2.45, 2.75) is 43.9 Å². The number of aromatic nitrogens is 3. The SMILES string of the molecule is Cc1nnc(-c2ccc3c(c2)c2c(n3-c3ccc(CC4(C/C([O-])=N/S(=O)(=O)c5ccc(Cl)cc5)CC4)cc3)C(=O)N(C)CC2)o1. The quantitative estimate of drug-likeness (QED) is 0.169. The number of amides is 1. The highest BCUT2D eigenvalue weighted by molar-refractivity contribution is 7.90. The fraction of sp³-hybridized carbons (Fsp3) is 0.273. The molecule has 0 radical (unpaired) electrons. The summed E-state index contributed by atoms with van der Waals surface area (Å²) in [5.74, 6) is 0.223. The maximum Gasteiger partial charge on any atom is 0.281 e. The Hall–Kier alpha value is -4.48. The molecular formula is C33H29ClN5O5S-. The zero-order valence-electron chi connectivity index (χ0n) is 24.7. The summed E-state index contributed by atoms with van der Waals surface area (Å²) in [5, 5.41) is 22.2. The summed E-state index contributed by atoms with van der Waals surface area (Å²) >= 11 is 5.86. The third-order valence-electron chi connectivity index (χ3n) is 8.68. The van der Waals surface area contributed by atoms with Crippen LogP contribution >= 0.6 is 11.6 Å². The Morgan fingerprint density at radius 2 is 1.80 bits per heavy atom. The Morgan fingerprint density at radius 3 is 2.47 bits per heavy atom. The second kappa shape index (κ2) is 10.8. The molecule has 0 unspecified atom stereocenters. The van der Waals surface area contributed by atoms with Crippen molar-refractivity contribution in [1.82, 2.24) is 19.7 Å². The van der Waals surface area contributed by atoms with Gasteiger partial charge >= 0.3 is 0 Å². The van der Waals surface area contributed by atoms with Crippen molar-refractivity contribution in [2.24, 2.45) is 9.81 Å². The molecule has 12 heteroatoms. The van der Waals surface area contributed by atoms with Gasteiger partial charge in [0.2, 0.25) is 11.8 Å². The highest BCUT2D eigenvalue weighted by Gasteiger charge is 2.42.